The van der Waals surface area contributed by atoms with Gasteiger partial charge in [-0.05, 0) is 102 Å². The van der Waals surface area contributed by atoms with Crippen molar-refractivity contribution in [2.24, 2.45) is 0 Å². The highest BCUT2D eigenvalue weighted by molar-refractivity contribution is 5.75. The van der Waals surface area contributed by atoms with Crippen LogP contribution in [0.5, 0.6) is 0 Å². The molecular formula is C30H32. The topological polar surface area (TPSA) is 0 Å². The second kappa shape index (κ2) is 8.11. The zero-order valence-electron chi connectivity index (χ0n) is 18.8. The Balaban J connectivity index is 1.92. The van der Waals surface area contributed by atoms with Crippen LogP contribution in [0.4, 0.5) is 0 Å². The van der Waals surface area contributed by atoms with Crippen LogP contribution >= 0.6 is 0 Å². The van der Waals surface area contributed by atoms with Gasteiger partial charge in [-0.2, -0.15) is 0 Å². The van der Waals surface area contributed by atoms with E-state index in [1.165, 1.54) is 50.1 Å². The van der Waals surface area contributed by atoms with Gasteiger partial charge in [0.25, 0.3) is 0 Å². The molecule has 0 radical (unpaired) electrons. The lowest BCUT2D eigenvalue weighted by Gasteiger charge is -2.23. The summed E-state index contributed by atoms with van der Waals surface area (Å²) < 4.78 is 0. The zero-order chi connectivity index (χ0) is 21.4. The SMILES string of the molecule is C=C(C)c1cc(C(=C)C)c(C)c(C2Cc3ccccc3-c3ccc(CC)cc3C2)c1. The summed E-state index contributed by atoms with van der Waals surface area (Å²) in [6, 6.07) is 20.7. The largest absolute Gasteiger partial charge is 0.0955 e. The van der Waals surface area contributed by atoms with Gasteiger partial charge in [0.15, 0.2) is 0 Å². The number of aryl methyl sites for hydroxylation is 1. The smallest absolute Gasteiger partial charge is 0.00775 e. The van der Waals surface area contributed by atoms with Gasteiger partial charge in [0.1, 0.15) is 0 Å². The normalized spacial score (nSPS) is 15.1. The molecule has 0 nitrogen and oxygen atoms in total. The van der Waals surface area contributed by atoms with E-state index in [1.807, 2.05) is 0 Å². The van der Waals surface area contributed by atoms with Gasteiger partial charge in [0.05, 0.1) is 0 Å². The highest BCUT2D eigenvalue weighted by Gasteiger charge is 2.25. The zero-order valence-corrected chi connectivity index (χ0v) is 18.8. The van der Waals surface area contributed by atoms with Crippen LogP contribution in [0.15, 0.2) is 67.8 Å². The van der Waals surface area contributed by atoms with Crippen molar-refractivity contribution in [3.8, 4) is 11.1 Å². The lowest BCUT2D eigenvalue weighted by molar-refractivity contribution is 0.683. The Kier molecular flexibility index (Phi) is 5.52. The van der Waals surface area contributed by atoms with Crippen molar-refractivity contribution < 1.29 is 0 Å². The quantitative estimate of drug-likeness (QED) is 0.420. The Morgan fingerprint density at radius 3 is 2.27 bits per heavy atom. The van der Waals surface area contributed by atoms with Gasteiger partial charge < -0.3 is 0 Å². The van der Waals surface area contributed by atoms with Crippen LogP contribution in [0.2, 0.25) is 0 Å². The van der Waals surface area contributed by atoms with E-state index in [0.717, 1.165) is 30.4 Å². The van der Waals surface area contributed by atoms with Gasteiger partial charge in [-0.25, -0.2) is 0 Å². The summed E-state index contributed by atoms with van der Waals surface area (Å²) in [4.78, 5) is 0. The number of allylic oxidation sites excluding steroid dienone is 2. The Morgan fingerprint density at radius 2 is 1.57 bits per heavy atom. The monoisotopic (exact) mass is 392 g/mol. The molecule has 0 saturated heterocycles. The van der Waals surface area contributed by atoms with E-state index in [1.54, 1.807) is 0 Å². The van der Waals surface area contributed by atoms with Crippen molar-refractivity contribution >= 4 is 11.1 Å². The second-order valence-electron chi connectivity index (χ2n) is 8.91. The highest BCUT2D eigenvalue weighted by Crippen LogP contribution is 2.41. The van der Waals surface area contributed by atoms with Crippen molar-refractivity contribution in [1.82, 2.24) is 0 Å². The van der Waals surface area contributed by atoms with Gasteiger partial charge in [-0.1, -0.05) is 79.8 Å². The number of hydrogen-bond acceptors (Lipinski definition) is 0. The van der Waals surface area contributed by atoms with E-state index < -0.39 is 0 Å². The van der Waals surface area contributed by atoms with Crippen LogP contribution in [0.1, 0.15) is 65.6 Å². The third-order valence-electron chi connectivity index (χ3n) is 6.66. The molecule has 1 aliphatic rings. The predicted molar refractivity (Wildman–Crippen MR) is 132 cm³/mol. The molecule has 30 heavy (non-hydrogen) atoms. The molecular weight excluding hydrogens is 360 g/mol. The van der Waals surface area contributed by atoms with Crippen LogP contribution in [0.3, 0.4) is 0 Å². The van der Waals surface area contributed by atoms with Crippen LogP contribution in [-0.4, -0.2) is 0 Å². The van der Waals surface area contributed by atoms with Crippen molar-refractivity contribution in [3.05, 3.63) is 107 Å². The first-order chi connectivity index (χ1) is 14.4. The average molecular weight is 393 g/mol. The first-order valence-corrected chi connectivity index (χ1v) is 11.1. The first-order valence-electron chi connectivity index (χ1n) is 11.1. The van der Waals surface area contributed by atoms with Crippen molar-refractivity contribution in [3.63, 3.8) is 0 Å². The van der Waals surface area contributed by atoms with E-state index in [9.17, 15) is 0 Å². The van der Waals surface area contributed by atoms with E-state index in [-0.39, 0.29) is 0 Å². The van der Waals surface area contributed by atoms with Crippen LogP contribution in [0, 0.1) is 6.92 Å². The summed E-state index contributed by atoms with van der Waals surface area (Å²) in [5.41, 5.74) is 14.7. The number of hydrogen-bond donors (Lipinski definition) is 0. The molecule has 1 aliphatic carbocycles. The summed E-state index contributed by atoms with van der Waals surface area (Å²) in [7, 11) is 0. The lowest BCUT2D eigenvalue weighted by atomic mass is 9.82. The highest BCUT2D eigenvalue weighted by atomic mass is 14.3. The summed E-state index contributed by atoms with van der Waals surface area (Å²) >= 11 is 0. The lowest BCUT2D eigenvalue weighted by Crippen LogP contribution is -2.09. The van der Waals surface area contributed by atoms with Gasteiger partial charge in [0.2, 0.25) is 0 Å². The molecule has 0 aromatic heterocycles. The molecule has 4 rings (SSSR count). The molecule has 1 atom stereocenters. The van der Waals surface area contributed by atoms with Gasteiger partial charge >= 0.3 is 0 Å². The minimum absolute atomic E-state index is 0.442. The molecule has 0 heteroatoms. The average Bonchev–Trinajstić information content (AvgIpc) is 2.89. The fraction of sp³-hybridized carbons (Fsp3) is 0.267. The molecule has 0 spiro atoms. The van der Waals surface area contributed by atoms with E-state index in [2.05, 4.69) is 95.5 Å². The van der Waals surface area contributed by atoms with Crippen LogP contribution < -0.4 is 0 Å². The number of rotatable bonds is 4. The maximum absolute atomic E-state index is 4.26. The standard InChI is InChI=1S/C30H32/c1-7-22-12-13-28-25(14-22)16-26(15-23-10-8-9-11-27(23)28)30-18-24(19(2)3)17-29(20(4)5)21(30)6/h8-14,17-18,26H,2,4,7,15-16H2,1,3,5-6H3. The molecule has 152 valence electrons. The molecule has 0 saturated carbocycles. The minimum atomic E-state index is 0.442. The van der Waals surface area contributed by atoms with Crippen molar-refractivity contribution in [1.29, 1.82) is 0 Å². The summed E-state index contributed by atoms with van der Waals surface area (Å²) in [6.07, 6.45) is 3.19. The Labute approximate surface area is 182 Å². The van der Waals surface area contributed by atoms with E-state index in [4.69, 9.17) is 0 Å². The number of benzene rings is 3. The fourth-order valence-corrected chi connectivity index (χ4v) is 4.93. The predicted octanol–water partition coefficient (Wildman–Crippen LogP) is 8.17. The molecule has 0 heterocycles. The molecule has 0 fully saturated rings. The fourth-order valence-electron chi connectivity index (χ4n) is 4.93. The minimum Gasteiger partial charge on any atom is -0.0955 e. The first kappa shape index (κ1) is 20.4. The van der Waals surface area contributed by atoms with E-state index in [0.29, 0.717) is 5.92 Å². The maximum atomic E-state index is 4.26. The molecule has 3 aromatic rings. The Morgan fingerprint density at radius 1 is 0.867 bits per heavy atom. The Bertz CT molecular complexity index is 1140. The second-order valence-corrected chi connectivity index (χ2v) is 8.91. The van der Waals surface area contributed by atoms with Gasteiger partial charge in [0, 0.05) is 0 Å². The molecule has 0 N–H and O–H groups in total. The van der Waals surface area contributed by atoms with Crippen molar-refractivity contribution in [2.75, 3.05) is 0 Å². The Hall–Kier alpha value is -2.86. The molecule has 1 unspecified atom stereocenters. The third kappa shape index (κ3) is 3.67. The van der Waals surface area contributed by atoms with Crippen LogP contribution in [0.25, 0.3) is 22.3 Å². The molecule has 3 aromatic carbocycles. The van der Waals surface area contributed by atoms with Crippen LogP contribution in [-0.2, 0) is 19.3 Å². The summed E-state index contributed by atoms with van der Waals surface area (Å²) in [6.45, 7) is 17.2. The van der Waals surface area contributed by atoms with Gasteiger partial charge in [-0.15, -0.1) is 0 Å². The molecule has 0 aliphatic heterocycles. The molecule has 0 bridgehead atoms. The summed E-state index contributed by atoms with van der Waals surface area (Å²) in [5, 5.41) is 0. The third-order valence-corrected chi connectivity index (χ3v) is 6.66. The van der Waals surface area contributed by atoms with Gasteiger partial charge in [-0.3, -0.25) is 0 Å². The summed E-state index contributed by atoms with van der Waals surface area (Å²) in [5.74, 6) is 0.442. The van der Waals surface area contributed by atoms with E-state index >= 15 is 0 Å². The molecule has 0 amide bonds. The van der Waals surface area contributed by atoms with Crippen molar-refractivity contribution in [2.45, 2.75) is 52.9 Å². The number of fused-ring (bicyclic) bond motifs is 3. The maximum Gasteiger partial charge on any atom is -0.00775 e.